The highest BCUT2D eigenvalue weighted by Gasteiger charge is 2.45. The first kappa shape index (κ1) is 11.5. The van der Waals surface area contributed by atoms with Crippen LogP contribution in [0.25, 0.3) is 0 Å². The molecule has 0 radical (unpaired) electrons. The first-order valence-electron chi connectivity index (χ1n) is 6.19. The van der Waals surface area contributed by atoms with Gasteiger partial charge in [0.1, 0.15) is 5.82 Å². The van der Waals surface area contributed by atoms with Crippen molar-refractivity contribution >= 4 is 6.03 Å². The average molecular weight is 249 g/mol. The van der Waals surface area contributed by atoms with Crippen molar-refractivity contribution in [2.75, 3.05) is 20.1 Å². The molecule has 1 aliphatic heterocycles. The zero-order chi connectivity index (χ0) is 12.7. The molecule has 18 heavy (non-hydrogen) atoms. The van der Waals surface area contributed by atoms with Crippen LogP contribution in [-0.2, 0) is 0 Å². The SMILES string of the molecule is CNC(=O)N[C@@H]1c2cccc(F)c2[C@@H]2CNC[C@H]12. The van der Waals surface area contributed by atoms with Crippen molar-refractivity contribution in [3.8, 4) is 0 Å². The molecular weight excluding hydrogens is 233 g/mol. The molecule has 2 aliphatic rings. The van der Waals surface area contributed by atoms with Crippen LogP contribution in [0.4, 0.5) is 9.18 Å². The van der Waals surface area contributed by atoms with Crippen molar-refractivity contribution < 1.29 is 9.18 Å². The van der Waals surface area contributed by atoms with Gasteiger partial charge in [0, 0.05) is 32.0 Å². The first-order valence-corrected chi connectivity index (χ1v) is 6.19. The third kappa shape index (κ3) is 1.58. The summed E-state index contributed by atoms with van der Waals surface area (Å²) < 4.78 is 14.0. The third-order valence-corrected chi connectivity index (χ3v) is 4.00. The van der Waals surface area contributed by atoms with Gasteiger partial charge >= 0.3 is 6.03 Å². The molecule has 0 bridgehead atoms. The second-order valence-electron chi connectivity index (χ2n) is 4.87. The molecular formula is C13H16FN3O. The summed E-state index contributed by atoms with van der Waals surface area (Å²) in [5.74, 6) is 0.255. The van der Waals surface area contributed by atoms with Crippen molar-refractivity contribution in [3.63, 3.8) is 0 Å². The molecule has 0 unspecified atom stereocenters. The Morgan fingerprint density at radius 3 is 3.06 bits per heavy atom. The predicted molar refractivity (Wildman–Crippen MR) is 65.8 cm³/mol. The molecule has 0 spiro atoms. The molecule has 1 heterocycles. The molecule has 1 saturated heterocycles. The molecule has 3 N–H and O–H groups in total. The van der Waals surface area contributed by atoms with E-state index in [0.717, 1.165) is 24.2 Å². The van der Waals surface area contributed by atoms with Crippen LogP contribution in [-0.4, -0.2) is 26.2 Å². The maximum Gasteiger partial charge on any atom is 0.315 e. The number of hydrogen-bond donors (Lipinski definition) is 3. The molecule has 96 valence electrons. The van der Waals surface area contributed by atoms with Gasteiger partial charge in [-0.25, -0.2) is 9.18 Å². The number of carbonyl (C=O) groups excluding carboxylic acids is 1. The maximum atomic E-state index is 14.0. The lowest BCUT2D eigenvalue weighted by Crippen LogP contribution is -2.38. The number of carbonyl (C=O) groups is 1. The molecule has 4 nitrogen and oxygen atoms in total. The molecule has 1 aromatic rings. The number of halogens is 1. The number of rotatable bonds is 1. The van der Waals surface area contributed by atoms with Crippen LogP contribution in [0, 0.1) is 11.7 Å². The first-order chi connectivity index (χ1) is 8.72. The Morgan fingerprint density at radius 2 is 2.28 bits per heavy atom. The zero-order valence-electron chi connectivity index (χ0n) is 10.2. The maximum absolute atomic E-state index is 14.0. The Morgan fingerprint density at radius 1 is 1.44 bits per heavy atom. The van der Waals surface area contributed by atoms with E-state index in [0.29, 0.717) is 0 Å². The molecule has 0 aromatic heterocycles. The minimum atomic E-state index is -0.220. The molecule has 5 heteroatoms. The normalized spacial score (nSPS) is 28.7. The summed E-state index contributed by atoms with van der Waals surface area (Å²) in [6.45, 7) is 1.60. The van der Waals surface area contributed by atoms with Crippen molar-refractivity contribution in [3.05, 3.63) is 35.1 Å². The van der Waals surface area contributed by atoms with E-state index in [2.05, 4.69) is 16.0 Å². The second kappa shape index (κ2) is 4.24. The summed E-state index contributed by atoms with van der Waals surface area (Å²) in [6.07, 6.45) is 0. The average Bonchev–Trinajstić information content (AvgIpc) is 2.92. The summed E-state index contributed by atoms with van der Waals surface area (Å²) in [5.41, 5.74) is 1.70. The highest BCUT2D eigenvalue weighted by atomic mass is 19.1. The summed E-state index contributed by atoms with van der Waals surface area (Å²) in [7, 11) is 1.58. The van der Waals surface area contributed by atoms with E-state index in [1.165, 1.54) is 6.07 Å². The Labute approximate surface area is 105 Å². The highest BCUT2D eigenvalue weighted by molar-refractivity contribution is 5.74. The lowest BCUT2D eigenvalue weighted by atomic mass is 9.94. The van der Waals surface area contributed by atoms with E-state index in [-0.39, 0.29) is 29.7 Å². The standard InChI is InChI=1S/C13H16FN3O/c1-15-13(18)17-12-7-3-2-4-10(14)11(7)8-5-16-6-9(8)12/h2-4,8-9,12,16H,5-6H2,1H3,(H2,15,17,18)/t8-,9+,12-/m1/s1. The van der Waals surface area contributed by atoms with E-state index >= 15 is 0 Å². The Bertz CT molecular complexity index is 491. The number of hydrogen-bond acceptors (Lipinski definition) is 2. The van der Waals surface area contributed by atoms with Crippen molar-refractivity contribution in [2.24, 2.45) is 5.92 Å². The van der Waals surface area contributed by atoms with Gasteiger partial charge in [0.15, 0.2) is 0 Å². The molecule has 1 aliphatic carbocycles. The monoisotopic (exact) mass is 249 g/mol. The highest BCUT2D eigenvalue weighted by Crippen LogP contribution is 2.47. The largest absolute Gasteiger partial charge is 0.341 e. The van der Waals surface area contributed by atoms with E-state index < -0.39 is 0 Å². The van der Waals surface area contributed by atoms with Crippen molar-refractivity contribution in [1.82, 2.24) is 16.0 Å². The van der Waals surface area contributed by atoms with Gasteiger partial charge in [-0.3, -0.25) is 0 Å². The summed E-state index contributed by atoms with van der Waals surface area (Å²) >= 11 is 0. The van der Waals surface area contributed by atoms with Crippen LogP contribution < -0.4 is 16.0 Å². The topological polar surface area (TPSA) is 53.2 Å². The Balaban J connectivity index is 2.00. The van der Waals surface area contributed by atoms with Crippen LogP contribution in [0.1, 0.15) is 23.1 Å². The fourth-order valence-electron chi connectivity index (χ4n) is 3.21. The smallest absolute Gasteiger partial charge is 0.315 e. The van der Waals surface area contributed by atoms with E-state index in [1.54, 1.807) is 13.1 Å². The number of benzene rings is 1. The number of fused-ring (bicyclic) bond motifs is 3. The van der Waals surface area contributed by atoms with Crippen molar-refractivity contribution in [2.45, 2.75) is 12.0 Å². The van der Waals surface area contributed by atoms with Crippen LogP contribution >= 0.6 is 0 Å². The van der Waals surface area contributed by atoms with Crippen LogP contribution in [0.5, 0.6) is 0 Å². The number of nitrogens with one attached hydrogen (secondary N) is 3. The number of urea groups is 1. The molecule has 1 aromatic carbocycles. The van der Waals surface area contributed by atoms with Gasteiger partial charge in [0.25, 0.3) is 0 Å². The van der Waals surface area contributed by atoms with Gasteiger partial charge in [-0.1, -0.05) is 12.1 Å². The summed E-state index contributed by atoms with van der Waals surface area (Å²) in [6, 6.07) is 4.80. The van der Waals surface area contributed by atoms with Crippen LogP contribution in [0.3, 0.4) is 0 Å². The van der Waals surface area contributed by atoms with Gasteiger partial charge in [-0.15, -0.1) is 0 Å². The molecule has 1 fully saturated rings. The van der Waals surface area contributed by atoms with E-state index in [9.17, 15) is 9.18 Å². The minimum absolute atomic E-state index is 0.101. The lowest BCUT2D eigenvalue weighted by Gasteiger charge is -2.20. The second-order valence-corrected chi connectivity index (χ2v) is 4.87. The van der Waals surface area contributed by atoms with Crippen LogP contribution in [0.2, 0.25) is 0 Å². The van der Waals surface area contributed by atoms with Gasteiger partial charge < -0.3 is 16.0 Å². The summed E-state index contributed by atoms with van der Waals surface area (Å²) in [4.78, 5) is 11.5. The van der Waals surface area contributed by atoms with Crippen LogP contribution in [0.15, 0.2) is 18.2 Å². The predicted octanol–water partition coefficient (Wildman–Crippen LogP) is 1.11. The fourth-order valence-corrected chi connectivity index (χ4v) is 3.21. The minimum Gasteiger partial charge on any atom is -0.341 e. The van der Waals surface area contributed by atoms with E-state index in [1.807, 2.05) is 6.07 Å². The number of amides is 2. The lowest BCUT2D eigenvalue weighted by molar-refractivity contribution is 0.235. The van der Waals surface area contributed by atoms with Gasteiger partial charge in [0.05, 0.1) is 6.04 Å². The fraction of sp³-hybridized carbons (Fsp3) is 0.462. The van der Waals surface area contributed by atoms with E-state index in [4.69, 9.17) is 0 Å². The van der Waals surface area contributed by atoms with Gasteiger partial charge in [-0.2, -0.15) is 0 Å². The molecule has 3 atom stereocenters. The quantitative estimate of drug-likeness (QED) is 0.698. The zero-order valence-corrected chi connectivity index (χ0v) is 10.2. The summed E-state index contributed by atoms with van der Waals surface area (Å²) in [5, 5.41) is 8.75. The Hall–Kier alpha value is -1.62. The molecule has 3 rings (SSSR count). The molecule has 0 saturated carbocycles. The van der Waals surface area contributed by atoms with Gasteiger partial charge in [0.2, 0.25) is 0 Å². The Kier molecular flexibility index (Phi) is 2.70. The molecule has 2 amide bonds. The van der Waals surface area contributed by atoms with Crippen molar-refractivity contribution in [1.29, 1.82) is 0 Å². The van der Waals surface area contributed by atoms with Gasteiger partial charge in [-0.05, 0) is 17.2 Å². The third-order valence-electron chi connectivity index (χ3n) is 4.00.